The molecule has 0 aliphatic rings. The third-order valence-electron chi connectivity index (χ3n) is 2.83. The molecule has 2 rings (SSSR count). The topological polar surface area (TPSA) is 55.0 Å². The van der Waals surface area contributed by atoms with E-state index < -0.39 is 0 Å². The third-order valence-corrected chi connectivity index (χ3v) is 3.14. The van der Waals surface area contributed by atoms with E-state index in [-0.39, 0.29) is 5.56 Å². The summed E-state index contributed by atoms with van der Waals surface area (Å²) in [5.74, 6) is 0.999. The fraction of sp³-hybridized carbons (Fsp3) is 0.231. The van der Waals surface area contributed by atoms with Crippen LogP contribution >= 0.6 is 11.6 Å². The molecule has 0 amide bonds. The van der Waals surface area contributed by atoms with E-state index in [0.29, 0.717) is 33.4 Å². The van der Waals surface area contributed by atoms with Crippen LogP contribution in [-0.4, -0.2) is 17.1 Å². The Balaban J connectivity index is 2.73. The van der Waals surface area contributed by atoms with Crippen LogP contribution in [0.15, 0.2) is 23.0 Å². The van der Waals surface area contributed by atoms with E-state index in [1.165, 1.54) is 0 Å². The molecule has 0 spiro atoms. The molecular weight excluding hydrogens is 252 g/mol. The molecule has 1 aromatic carbocycles. The molecule has 0 atom stereocenters. The quantitative estimate of drug-likeness (QED) is 0.907. The van der Waals surface area contributed by atoms with Crippen LogP contribution in [0.4, 0.5) is 0 Å². The lowest BCUT2D eigenvalue weighted by molar-refractivity contribution is 0.416. The minimum absolute atomic E-state index is 0.167. The van der Waals surface area contributed by atoms with Crippen LogP contribution in [-0.2, 0) is 0 Å². The van der Waals surface area contributed by atoms with Gasteiger partial charge in [-0.05, 0) is 26.0 Å². The molecule has 0 unspecified atom stereocenters. The lowest BCUT2D eigenvalue weighted by Gasteiger charge is -2.10. The van der Waals surface area contributed by atoms with E-state index in [0.717, 1.165) is 0 Å². The molecule has 0 aliphatic heterocycles. The largest absolute Gasteiger partial charge is 0.496 e. The first-order chi connectivity index (χ1) is 8.54. The zero-order valence-corrected chi connectivity index (χ0v) is 11.1. The van der Waals surface area contributed by atoms with Crippen molar-refractivity contribution in [3.8, 4) is 17.1 Å². The van der Waals surface area contributed by atoms with Crippen molar-refractivity contribution < 1.29 is 4.74 Å². The van der Waals surface area contributed by atoms with Gasteiger partial charge in [-0.1, -0.05) is 17.7 Å². The van der Waals surface area contributed by atoms with Crippen LogP contribution in [0.25, 0.3) is 11.4 Å². The standard InChI is InChI=1S/C13H13ClN2O2/c1-7-8(2)15-12(16-13(7)17)11-9(14)5-4-6-10(11)18-3/h4-6H,1-3H3,(H,15,16,17). The predicted molar refractivity (Wildman–Crippen MR) is 71.3 cm³/mol. The molecule has 1 N–H and O–H groups in total. The number of ether oxygens (including phenoxy) is 1. The average molecular weight is 265 g/mol. The summed E-state index contributed by atoms with van der Waals surface area (Å²) >= 11 is 6.15. The molecule has 4 nitrogen and oxygen atoms in total. The van der Waals surface area contributed by atoms with Crippen molar-refractivity contribution in [2.24, 2.45) is 0 Å². The molecule has 0 bridgehead atoms. The summed E-state index contributed by atoms with van der Waals surface area (Å²) in [4.78, 5) is 18.8. The third kappa shape index (κ3) is 2.11. The first kappa shape index (κ1) is 12.6. The van der Waals surface area contributed by atoms with Crippen molar-refractivity contribution in [2.75, 3.05) is 7.11 Å². The number of methoxy groups -OCH3 is 1. The van der Waals surface area contributed by atoms with Crippen molar-refractivity contribution in [2.45, 2.75) is 13.8 Å². The van der Waals surface area contributed by atoms with Crippen LogP contribution in [0.1, 0.15) is 11.3 Å². The Morgan fingerprint density at radius 3 is 2.67 bits per heavy atom. The Hall–Kier alpha value is -1.81. The van der Waals surface area contributed by atoms with E-state index in [4.69, 9.17) is 16.3 Å². The highest BCUT2D eigenvalue weighted by molar-refractivity contribution is 6.33. The van der Waals surface area contributed by atoms with Gasteiger partial charge in [-0.3, -0.25) is 4.79 Å². The number of aromatic amines is 1. The molecule has 0 fully saturated rings. The Bertz CT molecular complexity index is 650. The van der Waals surface area contributed by atoms with E-state index >= 15 is 0 Å². The van der Waals surface area contributed by atoms with E-state index in [1.54, 1.807) is 39.2 Å². The predicted octanol–water partition coefficient (Wildman–Crippen LogP) is 2.72. The number of H-pyrrole nitrogens is 1. The number of hydrogen-bond donors (Lipinski definition) is 1. The van der Waals surface area contributed by atoms with Crippen LogP contribution < -0.4 is 10.3 Å². The molecule has 1 aromatic heterocycles. The minimum atomic E-state index is -0.167. The van der Waals surface area contributed by atoms with Gasteiger partial charge in [-0.25, -0.2) is 4.98 Å². The summed E-state index contributed by atoms with van der Waals surface area (Å²) in [6, 6.07) is 5.29. The average Bonchev–Trinajstić information content (AvgIpc) is 2.35. The summed E-state index contributed by atoms with van der Waals surface area (Å²) in [7, 11) is 1.55. The van der Waals surface area contributed by atoms with Gasteiger partial charge in [0.15, 0.2) is 0 Å². The van der Waals surface area contributed by atoms with Gasteiger partial charge in [0.05, 0.1) is 17.7 Å². The fourth-order valence-corrected chi connectivity index (χ4v) is 1.92. The highest BCUT2D eigenvalue weighted by atomic mass is 35.5. The number of rotatable bonds is 2. The van der Waals surface area contributed by atoms with Crippen molar-refractivity contribution >= 4 is 11.6 Å². The maximum Gasteiger partial charge on any atom is 0.254 e. The zero-order chi connectivity index (χ0) is 13.3. The van der Waals surface area contributed by atoms with Crippen molar-refractivity contribution in [3.63, 3.8) is 0 Å². The summed E-state index contributed by atoms with van der Waals surface area (Å²) in [6.07, 6.45) is 0. The molecule has 0 aliphatic carbocycles. The molecule has 0 radical (unpaired) electrons. The van der Waals surface area contributed by atoms with Gasteiger partial charge in [0.25, 0.3) is 5.56 Å². The summed E-state index contributed by atoms with van der Waals surface area (Å²) in [6.45, 7) is 3.52. The van der Waals surface area contributed by atoms with E-state index in [1.807, 2.05) is 0 Å². The van der Waals surface area contributed by atoms with Gasteiger partial charge >= 0.3 is 0 Å². The Morgan fingerprint density at radius 2 is 2.06 bits per heavy atom. The lowest BCUT2D eigenvalue weighted by atomic mass is 10.1. The molecule has 94 valence electrons. The number of aromatic nitrogens is 2. The van der Waals surface area contributed by atoms with Crippen LogP contribution in [0.2, 0.25) is 5.02 Å². The Morgan fingerprint density at radius 1 is 1.33 bits per heavy atom. The maximum absolute atomic E-state index is 11.8. The fourth-order valence-electron chi connectivity index (χ4n) is 1.67. The zero-order valence-electron chi connectivity index (χ0n) is 10.4. The number of halogens is 1. The Labute approximate surface area is 110 Å². The van der Waals surface area contributed by atoms with Crippen molar-refractivity contribution in [3.05, 3.63) is 44.8 Å². The molecule has 0 saturated heterocycles. The second kappa shape index (κ2) is 4.82. The molecule has 18 heavy (non-hydrogen) atoms. The van der Waals surface area contributed by atoms with Gasteiger partial charge in [-0.15, -0.1) is 0 Å². The molecule has 0 saturated carbocycles. The van der Waals surface area contributed by atoms with Crippen LogP contribution in [0.3, 0.4) is 0 Å². The van der Waals surface area contributed by atoms with Gasteiger partial charge < -0.3 is 9.72 Å². The summed E-state index contributed by atoms with van der Waals surface area (Å²) < 4.78 is 5.24. The van der Waals surface area contributed by atoms with Gasteiger partial charge in [0.2, 0.25) is 0 Å². The number of hydrogen-bond acceptors (Lipinski definition) is 3. The summed E-state index contributed by atoms with van der Waals surface area (Å²) in [5.41, 5.74) is 1.71. The van der Waals surface area contributed by atoms with Crippen LogP contribution in [0.5, 0.6) is 5.75 Å². The monoisotopic (exact) mass is 264 g/mol. The number of nitrogens with zero attached hydrogens (tertiary/aromatic N) is 1. The normalized spacial score (nSPS) is 10.4. The maximum atomic E-state index is 11.8. The lowest BCUT2D eigenvalue weighted by Crippen LogP contribution is -2.14. The van der Waals surface area contributed by atoms with Gasteiger partial charge in [0.1, 0.15) is 11.6 Å². The highest BCUT2D eigenvalue weighted by Gasteiger charge is 2.14. The molecule has 2 aromatic rings. The number of nitrogens with one attached hydrogen (secondary N) is 1. The SMILES string of the molecule is COc1cccc(Cl)c1-c1nc(C)c(C)c(=O)[nH]1. The molecule has 5 heteroatoms. The van der Waals surface area contributed by atoms with Crippen molar-refractivity contribution in [1.82, 2.24) is 9.97 Å². The van der Waals surface area contributed by atoms with E-state index in [2.05, 4.69) is 9.97 Å². The Kier molecular flexibility index (Phi) is 3.39. The first-order valence-corrected chi connectivity index (χ1v) is 5.82. The van der Waals surface area contributed by atoms with Crippen molar-refractivity contribution in [1.29, 1.82) is 0 Å². The highest BCUT2D eigenvalue weighted by Crippen LogP contribution is 2.33. The second-order valence-corrected chi connectivity index (χ2v) is 4.35. The molecular formula is C13H13ClN2O2. The summed E-state index contributed by atoms with van der Waals surface area (Å²) in [5, 5.41) is 0.487. The van der Waals surface area contributed by atoms with E-state index in [9.17, 15) is 4.79 Å². The van der Waals surface area contributed by atoms with Gasteiger partial charge in [0, 0.05) is 11.3 Å². The molecule has 1 heterocycles. The number of benzene rings is 1. The second-order valence-electron chi connectivity index (χ2n) is 3.94. The smallest absolute Gasteiger partial charge is 0.254 e. The van der Waals surface area contributed by atoms with Crippen LogP contribution in [0, 0.1) is 13.8 Å². The number of aryl methyl sites for hydroxylation is 1. The minimum Gasteiger partial charge on any atom is -0.496 e. The first-order valence-electron chi connectivity index (χ1n) is 5.45. The van der Waals surface area contributed by atoms with Gasteiger partial charge in [-0.2, -0.15) is 0 Å².